The molecule has 3 heterocycles. The monoisotopic (exact) mass is 343 g/mol. The number of hydrogen-bond acceptors (Lipinski definition) is 4. The highest BCUT2D eigenvalue weighted by Gasteiger charge is 2.20. The minimum atomic E-state index is -0.855. The Kier molecular flexibility index (Phi) is 4.40. The summed E-state index contributed by atoms with van der Waals surface area (Å²) in [6, 6.07) is 6.05. The zero-order chi connectivity index (χ0) is 17.2. The van der Waals surface area contributed by atoms with Crippen molar-refractivity contribution in [2.24, 2.45) is 5.92 Å². The molecular formula is C18H19F2N5. The fourth-order valence-electron chi connectivity index (χ4n) is 3.40. The molecule has 0 atom stereocenters. The molecule has 1 aromatic carbocycles. The Labute approximate surface area is 144 Å². The number of piperidine rings is 1. The third-order valence-electron chi connectivity index (χ3n) is 4.79. The van der Waals surface area contributed by atoms with Gasteiger partial charge in [-0.15, -0.1) is 0 Å². The van der Waals surface area contributed by atoms with E-state index in [1.54, 1.807) is 18.7 Å². The van der Waals surface area contributed by atoms with E-state index in [9.17, 15) is 8.78 Å². The topological polar surface area (TPSA) is 46.8 Å². The molecule has 0 aliphatic carbocycles. The van der Waals surface area contributed by atoms with Crippen molar-refractivity contribution < 1.29 is 8.78 Å². The first-order chi connectivity index (χ1) is 12.2. The molecule has 0 spiro atoms. The molecule has 0 radical (unpaired) electrons. The van der Waals surface area contributed by atoms with Crippen LogP contribution in [0.15, 0.2) is 36.9 Å². The summed E-state index contributed by atoms with van der Waals surface area (Å²) in [6.07, 6.45) is 5.53. The molecular weight excluding hydrogens is 324 g/mol. The number of fused-ring (bicyclic) bond motifs is 1. The van der Waals surface area contributed by atoms with Gasteiger partial charge in [0.15, 0.2) is 11.6 Å². The van der Waals surface area contributed by atoms with Gasteiger partial charge in [0.1, 0.15) is 12.7 Å². The number of halogens is 2. The maximum Gasteiger partial charge on any atom is 0.161 e. The lowest BCUT2D eigenvalue weighted by molar-refractivity contribution is 0.163. The molecule has 1 aliphatic heterocycles. The Morgan fingerprint density at radius 2 is 1.88 bits per heavy atom. The smallest absolute Gasteiger partial charge is 0.161 e. The number of benzene rings is 1. The largest absolute Gasteiger partial charge is 0.297 e. The van der Waals surface area contributed by atoms with Gasteiger partial charge in [0, 0.05) is 24.5 Å². The molecule has 0 amide bonds. The molecule has 25 heavy (non-hydrogen) atoms. The first kappa shape index (κ1) is 16.1. The molecule has 1 saturated heterocycles. The van der Waals surface area contributed by atoms with Crippen LogP contribution >= 0.6 is 0 Å². The Balaban J connectivity index is 1.38. The maximum atomic E-state index is 13.4. The second-order valence-corrected chi connectivity index (χ2v) is 6.60. The van der Waals surface area contributed by atoms with Crippen molar-refractivity contribution in [1.29, 1.82) is 0 Å². The molecule has 0 saturated carbocycles. The normalized spacial score (nSPS) is 16.6. The third kappa shape index (κ3) is 3.66. The van der Waals surface area contributed by atoms with E-state index in [-0.39, 0.29) is 0 Å². The van der Waals surface area contributed by atoms with Gasteiger partial charge in [0.2, 0.25) is 0 Å². The van der Waals surface area contributed by atoms with Crippen LogP contribution in [0.25, 0.3) is 10.9 Å². The van der Waals surface area contributed by atoms with Gasteiger partial charge in [-0.05, 0) is 44.0 Å². The summed E-state index contributed by atoms with van der Waals surface area (Å²) < 4.78 is 28.6. The number of pyridine rings is 1. The average molecular weight is 343 g/mol. The van der Waals surface area contributed by atoms with E-state index in [4.69, 9.17) is 0 Å². The molecule has 2 aromatic heterocycles. The van der Waals surface area contributed by atoms with E-state index in [0.29, 0.717) is 16.8 Å². The van der Waals surface area contributed by atoms with Crippen LogP contribution in [-0.4, -0.2) is 37.7 Å². The summed E-state index contributed by atoms with van der Waals surface area (Å²) in [5, 5.41) is 4.78. The van der Waals surface area contributed by atoms with Gasteiger partial charge < -0.3 is 0 Å². The summed E-state index contributed by atoms with van der Waals surface area (Å²) in [4.78, 5) is 10.8. The van der Waals surface area contributed by atoms with E-state index in [1.807, 2.05) is 10.7 Å². The molecule has 7 heteroatoms. The zero-order valence-corrected chi connectivity index (χ0v) is 13.8. The van der Waals surface area contributed by atoms with Crippen molar-refractivity contribution in [1.82, 2.24) is 24.6 Å². The van der Waals surface area contributed by atoms with Crippen molar-refractivity contribution in [2.45, 2.75) is 25.9 Å². The van der Waals surface area contributed by atoms with Gasteiger partial charge in [-0.2, -0.15) is 5.10 Å². The summed E-state index contributed by atoms with van der Waals surface area (Å²) in [5.41, 5.74) is 1.38. The molecule has 3 aromatic rings. The van der Waals surface area contributed by atoms with Crippen LogP contribution < -0.4 is 0 Å². The van der Waals surface area contributed by atoms with Crippen LogP contribution in [0.3, 0.4) is 0 Å². The highest BCUT2D eigenvalue weighted by molar-refractivity contribution is 5.78. The van der Waals surface area contributed by atoms with Crippen molar-refractivity contribution in [3.8, 4) is 0 Å². The van der Waals surface area contributed by atoms with E-state index >= 15 is 0 Å². The first-order valence-corrected chi connectivity index (χ1v) is 8.47. The summed E-state index contributed by atoms with van der Waals surface area (Å²) in [7, 11) is 0. The van der Waals surface area contributed by atoms with Crippen LogP contribution in [-0.2, 0) is 13.1 Å². The van der Waals surface area contributed by atoms with Crippen LogP contribution in [0.4, 0.5) is 8.78 Å². The van der Waals surface area contributed by atoms with Crippen LogP contribution in [0.5, 0.6) is 0 Å². The van der Waals surface area contributed by atoms with Gasteiger partial charge in [-0.3, -0.25) is 14.6 Å². The molecule has 0 bridgehead atoms. The van der Waals surface area contributed by atoms with E-state index in [2.05, 4.69) is 20.0 Å². The highest BCUT2D eigenvalue weighted by atomic mass is 19.2. The van der Waals surface area contributed by atoms with Crippen molar-refractivity contribution in [2.75, 3.05) is 13.1 Å². The van der Waals surface area contributed by atoms with Gasteiger partial charge in [0.25, 0.3) is 0 Å². The molecule has 0 unspecified atom stereocenters. The van der Waals surface area contributed by atoms with E-state index in [0.717, 1.165) is 44.7 Å². The fourth-order valence-corrected chi connectivity index (χ4v) is 3.40. The van der Waals surface area contributed by atoms with E-state index in [1.165, 1.54) is 12.1 Å². The fraction of sp³-hybridized carbons (Fsp3) is 0.389. The lowest BCUT2D eigenvalue weighted by Gasteiger charge is -2.31. The van der Waals surface area contributed by atoms with Gasteiger partial charge in [-0.1, -0.05) is 6.07 Å². The van der Waals surface area contributed by atoms with E-state index < -0.39 is 11.6 Å². The van der Waals surface area contributed by atoms with Gasteiger partial charge in [-0.25, -0.2) is 13.8 Å². The Hall–Kier alpha value is -2.41. The summed E-state index contributed by atoms with van der Waals surface area (Å²) in [6.45, 7) is 3.63. The predicted molar refractivity (Wildman–Crippen MR) is 89.7 cm³/mol. The van der Waals surface area contributed by atoms with Crippen LogP contribution in [0, 0.1) is 17.6 Å². The third-order valence-corrected chi connectivity index (χ3v) is 4.79. The molecule has 5 nitrogen and oxygen atoms in total. The second kappa shape index (κ2) is 6.84. The van der Waals surface area contributed by atoms with Crippen LogP contribution in [0.2, 0.25) is 0 Å². The Morgan fingerprint density at radius 1 is 1.08 bits per heavy atom. The standard InChI is InChI=1S/C18H19F2N5/c19-16-7-14-1-2-15(23-18(14)8-17(16)20)10-24-5-3-13(4-6-24)9-25-12-21-11-22-25/h1-2,7-8,11-13H,3-6,9-10H2. The number of rotatable bonds is 4. The minimum Gasteiger partial charge on any atom is -0.297 e. The van der Waals surface area contributed by atoms with Gasteiger partial charge >= 0.3 is 0 Å². The zero-order valence-electron chi connectivity index (χ0n) is 13.8. The molecule has 130 valence electrons. The Bertz CT molecular complexity index is 857. The number of aromatic nitrogens is 4. The number of hydrogen-bond donors (Lipinski definition) is 0. The maximum absolute atomic E-state index is 13.4. The first-order valence-electron chi connectivity index (χ1n) is 8.47. The minimum absolute atomic E-state index is 0.498. The summed E-state index contributed by atoms with van der Waals surface area (Å²) >= 11 is 0. The van der Waals surface area contributed by atoms with Crippen molar-refractivity contribution >= 4 is 10.9 Å². The highest BCUT2D eigenvalue weighted by Crippen LogP contribution is 2.22. The lowest BCUT2D eigenvalue weighted by Crippen LogP contribution is -2.34. The quantitative estimate of drug-likeness (QED) is 0.731. The van der Waals surface area contributed by atoms with Crippen LogP contribution in [0.1, 0.15) is 18.5 Å². The predicted octanol–water partition coefficient (Wildman–Crippen LogP) is 3.02. The molecule has 1 fully saturated rings. The SMILES string of the molecule is Fc1cc2ccc(CN3CCC(Cn4cncn4)CC3)nc2cc1F. The van der Waals surface area contributed by atoms with Crippen molar-refractivity contribution in [3.05, 3.63) is 54.2 Å². The Morgan fingerprint density at radius 3 is 2.64 bits per heavy atom. The van der Waals surface area contributed by atoms with Crippen molar-refractivity contribution in [3.63, 3.8) is 0 Å². The lowest BCUT2D eigenvalue weighted by atomic mass is 9.97. The molecule has 0 N–H and O–H groups in total. The number of likely N-dealkylation sites (tertiary alicyclic amines) is 1. The second-order valence-electron chi connectivity index (χ2n) is 6.60. The molecule has 1 aliphatic rings. The average Bonchev–Trinajstić information content (AvgIpc) is 3.11. The molecule has 4 rings (SSSR count). The van der Waals surface area contributed by atoms with Gasteiger partial charge in [0.05, 0.1) is 11.2 Å². The summed E-state index contributed by atoms with van der Waals surface area (Å²) in [5.74, 6) is -1.08. The number of nitrogens with zero attached hydrogens (tertiary/aromatic N) is 5.